The van der Waals surface area contributed by atoms with E-state index in [0.29, 0.717) is 12.5 Å². The summed E-state index contributed by atoms with van der Waals surface area (Å²) >= 11 is 0. The molecule has 0 bridgehead atoms. The highest BCUT2D eigenvalue weighted by Crippen LogP contribution is 2.02. The molecule has 0 aliphatic heterocycles. The van der Waals surface area contributed by atoms with Gasteiger partial charge < -0.3 is 15.1 Å². The first-order valence-electron chi connectivity index (χ1n) is 7.94. The van der Waals surface area contributed by atoms with Gasteiger partial charge in [0.05, 0.1) is 6.54 Å². The second-order valence-corrected chi connectivity index (χ2v) is 6.86. The largest absolute Gasteiger partial charge is 0.340 e. The van der Waals surface area contributed by atoms with Crippen molar-refractivity contribution in [3.05, 3.63) is 0 Å². The molecule has 0 unspecified atom stereocenters. The fraction of sp³-hybridized carbons (Fsp3) is 0.938. The van der Waals surface area contributed by atoms with Gasteiger partial charge in [-0.05, 0) is 39.8 Å². The minimum Gasteiger partial charge on any atom is -0.340 e. The Morgan fingerprint density at radius 2 is 1.65 bits per heavy atom. The third kappa shape index (κ3) is 9.32. The van der Waals surface area contributed by atoms with Crippen molar-refractivity contribution in [2.75, 3.05) is 39.3 Å². The van der Waals surface area contributed by atoms with E-state index in [0.717, 1.165) is 32.7 Å². The number of nitrogens with zero attached hydrogens (tertiary/aromatic N) is 2. The molecule has 0 aromatic carbocycles. The van der Waals surface area contributed by atoms with Gasteiger partial charge in [-0.1, -0.05) is 27.7 Å². The molecule has 0 heterocycles. The highest BCUT2D eigenvalue weighted by Gasteiger charge is 2.18. The van der Waals surface area contributed by atoms with Crippen LogP contribution in [0.3, 0.4) is 0 Å². The van der Waals surface area contributed by atoms with E-state index in [9.17, 15) is 4.79 Å². The first-order valence-corrected chi connectivity index (χ1v) is 7.94. The summed E-state index contributed by atoms with van der Waals surface area (Å²) < 4.78 is 0. The average molecular weight is 285 g/mol. The molecule has 4 nitrogen and oxygen atoms in total. The van der Waals surface area contributed by atoms with E-state index in [-0.39, 0.29) is 11.4 Å². The molecule has 1 N–H and O–H groups in total. The van der Waals surface area contributed by atoms with E-state index in [4.69, 9.17) is 0 Å². The van der Waals surface area contributed by atoms with Crippen LogP contribution in [0.25, 0.3) is 0 Å². The molecule has 20 heavy (non-hydrogen) atoms. The molecule has 0 atom stereocenters. The Hall–Kier alpha value is -0.610. The van der Waals surface area contributed by atoms with Crippen molar-refractivity contribution in [1.29, 1.82) is 0 Å². The van der Waals surface area contributed by atoms with Crippen LogP contribution in [0.15, 0.2) is 0 Å². The van der Waals surface area contributed by atoms with Gasteiger partial charge in [0.1, 0.15) is 0 Å². The Morgan fingerprint density at radius 1 is 1.10 bits per heavy atom. The van der Waals surface area contributed by atoms with E-state index in [1.807, 2.05) is 4.90 Å². The van der Waals surface area contributed by atoms with Crippen molar-refractivity contribution in [2.24, 2.45) is 5.92 Å². The van der Waals surface area contributed by atoms with Gasteiger partial charge in [-0.3, -0.25) is 4.79 Å². The van der Waals surface area contributed by atoms with Crippen molar-refractivity contribution in [3.8, 4) is 0 Å². The van der Waals surface area contributed by atoms with Crippen LogP contribution in [0, 0.1) is 5.92 Å². The fourth-order valence-corrected chi connectivity index (χ4v) is 2.01. The first kappa shape index (κ1) is 19.4. The fourth-order valence-electron chi connectivity index (χ4n) is 2.01. The highest BCUT2D eigenvalue weighted by molar-refractivity contribution is 5.78. The van der Waals surface area contributed by atoms with Crippen LogP contribution in [-0.2, 0) is 4.79 Å². The Bertz CT molecular complexity index is 267. The molecule has 0 spiro atoms. The predicted molar refractivity (Wildman–Crippen MR) is 87.0 cm³/mol. The zero-order valence-corrected chi connectivity index (χ0v) is 14.6. The number of carbonyl (C=O) groups excluding carboxylic acids is 1. The van der Waals surface area contributed by atoms with E-state index in [2.05, 4.69) is 58.7 Å². The summed E-state index contributed by atoms with van der Waals surface area (Å²) in [4.78, 5) is 16.7. The molecule has 0 radical (unpaired) electrons. The lowest BCUT2D eigenvalue weighted by Crippen LogP contribution is -2.47. The predicted octanol–water partition coefficient (Wildman–Crippen LogP) is 2.20. The Labute approximate surface area is 125 Å². The maximum Gasteiger partial charge on any atom is 0.236 e. The third-order valence-electron chi connectivity index (χ3n) is 3.29. The quantitative estimate of drug-likeness (QED) is 0.705. The van der Waals surface area contributed by atoms with E-state index >= 15 is 0 Å². The molecule has 0 aliphatic rings. The van der Waals surface area contributed by atoms with Crippen molar-refractivity contribution in [3.63, 3.8) is 0 Å². The van der Waals surface area contributed by atoms with Crippen LogP contribution in [-0.4, -0.2) is 60.5 Å². The number of hydrogen-bond acceptors (Lipinski definition) is 3. The minimum absolute atomic E-state index is 0.0158. The maximum atomic E-state index is 12.4. The average Bonchev–Trinajstić information content (AvgIpc) is 2.34. The zero-order valence-electron chi connectivity index (χ0n) is 14.6. The smallest absolute Gasteiger partial charge is 0.236 e. The number of nitrogens with one attached hydrogen (secondary N) is 1. The van der Waals surface area contributed by atoms with Gasteiger partial charge >= 0.3 is 0 Å². The molecule has 0 saturated heterocycles. The summed E-state index contributed by atoms with van der Waals surface area (Å²) in [5.74, 6) is 0.714. The van der Waals surface area contributed by atoms with Crippen LogP contribution in [0.4, 0.5) is 0 Å². The molecular weight excluding hydrogens is 250 g/mol. The number of hydrogen-bond donors (Lipinski definition) is 1. The lowest BCUT2D eigenvalue weighted by molar-refractivity contribution is -0.131. The SMILES string of the molecule is CCN(CC)CCN(CC(C)C)C(=O)CNC(C)(C)C. The van der Waals surface area contributed by atoms with E-state index < -0.39 is 0 Å². The molecule has 120 valence electrons. The lowest BCUT2D eigenvalue weighted by atomic mass is 10.1. The first-order chi connectivity index (χ1) is 9.19. The summed E-state index contributed by atoms with van der Waals surface area (Å²) in [5, 5.41) is 3.29. The lowest BCUT2D eigenvalue weighted by Gasteiger charge is -2.29. The van der Waals surface area contributed by atoms with Crippen LogP contribution in [0.1, 0.15) is 48.5 Å². The molecule has 0 saturated carbocycles. The van der Waals surface area contributed by atoms with Gasteiger partial charge in [0.15, 0.2) is 0 Å². The Kier molecular flexibility index (Phi) is 9.06. The minimum atomic E-state index is -0.0158. The molecule has 0 aromatic rings. The number of rotatable bonds is 9. The van der Waals surface area contributed by atoms with Crippen LogP contribution < -0.4 is 5.32 Å². The molecule has 1 amide bonds. The molecule has 4 heteroatoms. The Morgan fingerprint density at radius 3 is 2.05 bits per heavy atom. The van der Waals surface area contributed by atoms with Gasteiger partial charge in [-0.25, -0.2) is 0 Å². The monoisotopic (exact) mass is 285 g/mol. The summed E-state index contributed by atoms with van der Waals surface area (Å²) in [5.41, 5.74) is -0.0158. The third-order valence-corrected chi connectivity index (χ3v) is 3.29. The summed E-state index contributed by atoms with van der Waals surface area (Å²) in [6.07, 6.45) is 0. The molecule has 0 rings (SSSR count). The van der Waals surface area contributed by atoms with E-state index in [1.165, 1.54) is 0 Å². The number of carbonyl (C=O) groups is 1. The van der Waals surface area contributed by atoms with Crippen LogP contribution in [0.2, 0.25) is 0 Å². The summed E-state index contributed by atoms with van der Waals surface area (Å²) in [6, 6.07) is 0. The van der Waals surface area contributed by atoms with Crippen molar-refractivity contribution in [2.45, 2.75) is 54.0 Å². The van der Waals surface area contributed by atoms with Crippen molar-refractivity contribution < 1.29 is 4.79 Å². The van der Waals surface area contributed by atoms with Crippen molar-refractivity contribution in [1.82, 2.24) is 15.1 Å². The molecule has 0 fully saturated rings. The summed E-state index contributed by atoms with van der Waals surface area (Å²) in [7, 11) is 0. The van der Waals surface area contributed by atoms with Crippen LogP contribution in [0.5, 0.6) is 0 Å². The number of amides is 1. The standard InChI is InChI=1S/C16H35N3O/c1-8-18(9-2)10-11-19(13-14(3)4)15(20)12-17-16(5,6)7/h14,17H,8-13H2,1-7H3. The molecule has 0 aromatic heterocycles. The Balaban J connectivity index is 4.42. The van der Waals surface area contributed by atoms with Gasteiger partial charge in [0, 0.05) is 25.2 Å². The van der Waals surface area contributed by atoms with Gasteiger partial charge in [0.25, 0.3) is 0 Å². The molecular formula is C16H35N3O. The van der Waals surface area contributed by atoms with E-state index in [1.54, 1.807) is 0 Å². The highest BCUT2D eigenvalue weighted by atomic mass is 16.2. The van der Waals surface area contributed by atoms with Crippen LogP contribution >= 0.6 is 0 Å². The normalized spacial score (nSPS) is 12.2. The van der Waals surface area contributed by atoms with Gasteiger partial charge in [0.2, 0.25) is 5.91 Å². The zero-order chi connectivity index (χ0) is 15.8. The number of likely N-dealkylation sites (N-methyl/N-ethyl adjacent to an activating group) is 1. The molecule has 0 aliphatic carbocycles. The second-order valence-electron chi connectivity index (χ2n) is 6.86. The van der Waals surface area contributed by atoms with Gasteiger partial charge in [-0.15, -0.1) is 0 Å². The van der Waals surface area contributed by atoms with Gasteiger partial charge in [-0.2, -0.15) is 0 Å². The maximum absolute atomic E-state index is 12.4. The summed E-state index contributed by atoms with van der Waals surface area (Å²) in [6.45, 7) is 20.0. The van der Waals surface area contributed by atoms with Crippen molar-refractivity contribution >= 4 is 5.91 Å². The topological polar surface area (TPSA) is 35.6 Å². The second kappa shape index (κ2) is 9.35.